The molecular weight excluding hydrogens is 891 g/mol. The van der Waals surface area contributed by atoms with Gasteiger partial charge in [-0.15, -0.1) is 0 Å². The van der Waals surface area contributed by atoms with Crippen molar-refractivity contribution in [3.63, 3.8) is 0 Å². The topological polar surface area (TPSA) is 158 Å². The number of methoxy groups -OCH3 is 1. The molecule has 5 aliphatic rings. The molecule has 11 rings (SSSR count). The van der Waals surface area contributed by atoms with Crippen molar-refractivity contribution in [2.24, 2.45) is 5.11 Å². The molecule has 4 aliphatic heterocycles. The molecule has 4 heterocycles. The van der Waals surface area contributed by atoms with E-state index in [1.54, 1.807) is 24.3 Å². The van der Waals surface area contributed by atoms with Crippen LogP contribution >= 0.6 is 0 Å². The van der Waals surface area contributed by atoms with Crippen molar-refractivity contribution in [2.75, 3.05) is 26.9 Å². The predicted molar refractivity (Wildman–Crippen MR) is 254 cm³/mol. The Kier molecular flexibility index (Phi) is 13.6. The van der Waals surface area contributed by atoms with E-state index in [1.807, 2.05) is 121 Å². The van der Waals surface area contributed by atoms with Gasteiger partial charge in [-0.25, -0.2) is 4.79 Å². The summed E-state index contributed by atoms with van der Waals surface area (Å²) in [7, 11) is 1.47. The minimum Gasteiger partial charge on any atom is -0.459 e. The number of azide groups is 1. The van der Waals surface area contributed by atoms with E-state index in [9.17, 15) is 10.3 Å². The number of carbonyl (C=O) groups is 1. The van der Waals surface area contributed by atoms with E-state index in [0.29, 0.717) is 12.2 Å². The third-order valence-electron chi connectivity index (χ3n) is 14.1. The second-order valence-corrected chi connectivity index (χ2v) is 18.1. The molecule has 0 unspecified atom stereocenters. The van der Waals surface area contributed by atoms with Crippen LogP contribution in [0.4, 0.5) is 0 Å². The summed E-state index contributed by atoms with van der Waals surface area (Å²) in [5.41, 5.74) is 16.0. The van der Waals surface area contributed by atoms with Crippen molar-refractivity contribution in [2.45, 2.75) is 92.2 Å². The molecule has 14 nitrogen and oxygen atoms in total. The Bertz CT molecular complexity index is 2720. The fourth-order valence-electron chi connectivity index (χ4n) is 10.9. The maximum absolute atomic E-state index is 13.5. The van der Waals surface area contributed by atoms with Crippen LogP contribution in [0.3, 0.4) is 0 Å². The zero-order valence-electron chi connectivity index (χ0n) is 38.5. The molecule has 4 saturated heterocycles. The van der Waals surface area contributed by atoms with Crippen LogP contribution in [0.5, 0.6) is 0 Å². The smallest absolute Gasteiger partial charge is 0.338 e. The van der Waals surface area contributed by atoms with Gasteiger partial charge in [-0.05, 0) is 51.0 Å². The van der Waals surface area contributed by atoms with E-state index in [-0.39, 0.29) is 26.4 Å². The van der Waals surface area contributed by atoms with Gasteiger partial charge < -0.3 is 47.4 Å². The summed E-state index contributed by atoms with van der Waals surface area (Å²) in [4.78, 5) is 16.7. The maximum Gasteiger partial charge on any atom is 0.338 e. The first-order valence-electron chi connectivity index (χ1n) is 23.7. The minimum atomic E-state index is -1.06. The lowest BCUT2D eigenvalue weighted by molar-refractivity contribution is -0.331. The van der Waals surface area contributed by atoms with Gasteiger partial charge in [-0.1, -0.05) is 163 Å². The molecule has 70 heavy (non-hydrogen) atoms. The Morgan fingerprint density at radius 3 is 1.89 bits per heavy atom. The lowest BCUT2D eigenvalue weighted by atomic mass is 9.62. The van der Waals surface area contributed by atoms with Crippen LogP contribution in [-0.4, -0.2) is 94.1 Å². The van der Waals surface area contributed by atoms with Gasteiger partial charge in [0.2, 0.25) is 0 Å². The number of fused-ring (bicyclic) bond motifs is 7. The largest absolute Gasteiger partial charge is 0.459 e. The number of nitrogens with zero attached hydrogens (tertiary/aromatic N) is 3. The molecule has 0 N–H and O–H groups in total. The third kappa shape index (κ3) is 8.82. The third-order valence-corrected chi connectivity index (χ3v) is 14.1. The van der Waals surface area contributed by atoms with Crippen molar-refractivity contribution in [3.8, 4) is 0 Å². The Hall–Kier alpha value is -6.26. The zero-order valence-corrected chi connectivity index (χ0v) is 38.5. The highest BCUT2D eigenvalue weighted by Gasteiger charge is 2.65. The molecule has 0 saturated carbocycles. The molecule has 0 aromatic heterocycles. The van der Waals surface area contributed by atoms with Gasteiger partial charge in [0.05, 0.1) is 37.4 Å². The monoisotopic (exact) mass is 943 g/mol. The average molecular weight is 944 g/mol. The van der Waals surface area contributed by atoms with E-state index in [0.717, 1.165) is 38.9 Å². The van der Waals surface area contributed by atoms with Gasteiger partial charge >= 0.3 is 5.97 Å². The van der Waals surface area contributed by atoms with Crippen LogP contribution in [0.15, 0.2) is 175 Å². The number of esters is 1. The van der Waals surface area contributed by atoms with Crippen LogP contribution in [0.25, 0.3) is 10.4 Å². The molecule has 1 spiro atoms. The van der Waals surface area contributed by atoms with Crippen molar-refractivity contribution in [1.29, 1.82) is 0 Å². The van der Waals surface area contributed by atoms with Crippen LogP contribution in [0.2, 0.25) is 0 Å². The first-order valence-corrected chi connectivity index (χ1v) is 23.7. The summed E-state index contributed by atoms with van der Waals surface area (Å²) in [6.45, 7) is 0.834. The lowest BCUT2D eigenvalue weighted by Crippen LogP contribution is -2.64. The number of benzene rings is 6. The standard InChI is InChI=1S/C56H53N3O11/c1-61-55-45(58-59-57)49(62-30-35-18-6-2-7-19-35)47(44(68-55)32-64-53(60)37-22-10-4-11-23-37)69-46-39-26-14-16-28-41(39)56(42-29-17-15-27-40(42)46)34-66-51-50(63-31-36-20-8-3-9-21-36)48-43(67-52(51)56)33-65-54(70-48)38-24-12-5-13-25-38/h2-29,43-52,54-55H,30-34H2,1H3/t43-,44-,45-,46?,47-,48-,49-,50+,51-,52-,54-,55+,56?/m1/s1. The summed E-state index contributed by atoms with van der Waals surface area (Å²) in [6.07, 6.45) is -7.83. The van der Waals surface area contributed by atoms with Crippen molar-refractivity contribution in [1.82, 2.24) is 0 Å². The van der Waals surface area contributed by atoms with Gasteiger partial charge in [0.1, 0.15) is 67.6 Å². The molecule has 0 bridgehead atoms. The average Bonchev–Trinajstić information content (AvgIpc) is 3.80. The normalized spacial score (nSPS) is 30.8. The van der Waals surface area contributed by atoms with Crippen molar-refractivity contribution < 1.29 is 52.2 Å². The number of hydrogen-bond donors (Lipinski definition) is 0. The molecule has 358 valence electrons. The summed E-state index contributed by atoms with van der Waals surface area (Å²) >= 11 is 0. The zero-order chi connectivity index (χ0) is 47.4. The second kappa shape index (κ2) is 20.6. The summed E-state index contributed by atoms with van der Waals surface area (Å²) < 4.78 is 67.1. The van der Waals surface area contributed by atoms with E-state index >= 15 is 0 Å². The Balaban J connectivity index is 0.969. The van der Waals surface area contributed by atoms with Gasteiger partial charge in [0, 0.05) is 17.6 Å². The highest BCUT2D eigenvalue weighted by molar-refractivity contribution is 5.89. The molecule has 6 aromatic carbocycles. The first kappa shape index (κ1) is 46.1. The SMILES string of the molecule is CO[C@H]1O[C@H](COC(=O)c2ccccc2)[C@@H](OC2c3ccccc3C3(CO[C@@H]4[C@@H](OCc5ccccc5)[C@@H]5O[C@H](c6ccccc6)OC[C@H]5O[C@H]43)c3ccccc32)[C@H](OCc2ccccc2)[C@H]1N=[N+]=[N-]. The maximum atomic E-state index is 13.5. The fourth-order valence-corrected chi connectivity index (χ4v) is 10.9. The Morgan fingerprint density at radius 1 is 0.671 bits per heavy atom. The van der Waals surface area contributed by atoms with Gasteiger partial charge in [-0.3, -0.25) is 0 Å². The Labute approximate surface area is 405 Å². The molecule has 0 amide bonds. The lowest BCUT2D eigenvalue weighted by Gasteiger charge is -2.52. The predicted octanol–water partition coefficient (Wildman–Crippen LogP) is 9.12. The van der Waals surface area contributed by atoms with E-state index in [4.69, 9.17) is 47.4 Å². The van der Waals surface area contributed by atoms with Gasteiger partial charge in [0.25, 0.3) is 0 Å². The highest BCUT2D eigenvalue weighted by atomic mass is 16.7. The molecular formula is C56H53N3O11. The van der Waals surface area contributed by atoms with Gasteiger partial charge in [0.15, 0.2) is 12.6 Å². The fraction of sp³-hybridized carbons (Fsp3) is 0.339. The number of ether oxygens (including phenoxy) is 10. The summed E-state index contributed by atoms with van der Waals surface area (Å²) in [5, 5.41) is 4.19. The van der Waals surface area contributed by atoms with E-state index in [1.165, 1.54) is 7.11 Å². The van der Waals surface area contributed by atoms with Crippen LogP contribution in [0.1, 0.15) is 61.7 Å². The molecule has 14 heteroatoms. The molecule has 1 aliphatic carbocycles. The first-order chi connectivity index (χ1) is 34.5. The molecule has 0 radical (unpaired) electrons. The second-order valence-electron chi connectivity index (χ2n) is 18.1. The Morgan fingerprint density at radius 2 is 1.26 bits per heavy atom. The number of carbonyl (C=O) groups excluding carboxylic acids is 1. The molecule has 6 aromatic rings. The molecule has 4 fully saturated rings. The number of hydrogen-bond acceptors (Lipinski definition) is 12. The van der Waals surface area contributed by atoms with Gasteiger partial charge in [-0.2, -0.15) is 0 Å². The van der Waals surface area contributed by atoms with Crippen molar-refractivity contribution >= 4 is 5.97 Å². The highest BCUT2D eigenvalue weighted by Crippen LogP contribution is 2.57. The molecule has 11 atom stereocenters. The minimum absolute atomic E-state index is 0.156. The van der Waals surface area contributed by atoms with Crippen LogP contribution < -0.4 is 0 Å². The van der Waals surface area contributed by atoms with E-state index < -0.39 is 84.9 Å². The van der Waals surface area contributed by atoms with Crippen LogP contribution in [-0.2, 0) is 66.0 Å². The van der Waals surface area contributed by atoms with E-state index in [2.05, 4.69) is 34.3 Å². The van der Waals surface area contributed by atoms with Crippen molar-refractivity contribution in [3.05, 3.63) is 225 Å². The van der Waals surface area contributed by atoms with Crippen LogP contribution in [0, 0.1) is 0 Å². The summed E-state index contributed by atoms with van der Waals surface area (Å²) in [6, 6.07) is 53.8. The summed E-state index contributed by atoms with van der Waals surface area (Å²) in [5.74, 6) is -0.535. The quantitative estimate of drug-likeness (QED) is 0.0444. The number of rotatable bonds is 14.